The van der Waals surface area contributed by atoms with Gasteiger partial charge in [0, 0.05) is 56.9 Å². The average molecular weight is 373 g/mol. The van der Waals surface area contributed by atoms with Gasteiger partial charge in [-0.2, -0.15) is 0 Å². The molecule has 2 bridgehead atoms. The van der Waals surface area contributed by atoms with E-state index in [1.165, 1.54) is 0 Å². The first-order valence-corrected chi connectivity index (χ1v) is 10.0. The van der Waals surface area contributed by atoms with Crippen LogP contribution in [0.5, 0.6) is 0 Å². The highest BCUT2D eigenvalue weighted by Crippen LogP contribution is 2.44. The number of imidazole rings is 1. The van der Waals surface area contributed by atoms with E-state index in [9.17, 15) is 10.2 Å². The summed E-state index contributed by atoms with van der Waals surface area (Å²) in [5, 5.41) is 19.6. The van der Waals surface area contributed by atoms with Gasteiger partial charge in [0.25, 0.3) is 0 Å². The number of anilines is 1. The molecular formula is C19H27N5O3. The molecule has 5 heterocycles. The lowest BCUT2D eigenvalue weighted by Crippen LogP contribution is -2.32. The highest BCUT2D eigenvalue weighted by molar-refractivity contribution is 5.84. The highest BCUT2D eigenvalue weighted by Gasteiger charge is 2.47. The number of hydrogen-bond acceptors (Lipinski definition) is 7. The minimum absolute atomic E-state index is 0.139. The van der Waals surface area contributed by atoms with Gasteiger partial charge in [0.15, 0.2) is 17.0 Å². The van der Waals surface area contributed by atoms with Crippen LogP contribution in [0.2, 0.25) is 0 Å². The predicted octanol–water partition coefficient (Wildman–Crippen LogP) is 0.821. The molecule has 0 aromatic carbocycles. The normalized spacial score (nSPS) is 31.3. The molecule has 27 heavy (non-hydrogen) atoms. The lowest BCUT2D eigenvalue weighted by molar-refractivity contribution is 0.130. The Morgan fingerprint density at radius 2 is 2.11 bits per heavy atom. The van der Waals surface area contributed by atoms with Gasteiger partial charge in [-0.3, -0.25) is 0 Å². The standard InChI is InChI=1S/C19H27N5O3/c25-7-13-5-15-1-2-16(13)24(15)19-17-18(20-10-21-19)23(11-22-17)6-14(8-26)12-3-4-27-9-12/h10-16,25-26H,1-9H2. The van der Waals surface area contributed by atoms with E-state index >= 15 is 0 Å². The van der Waals surface area contributed by atoms with E-state index < -0.39 is 0 Å². The zero-order chi connectivity index (χ0) is 18.4. The smallest absolute Gasteiger partial charge is 0.165 e. The van der Waals surface area contributed by atoms with Gasteiger partial charge in [0.2, 0.25) is 0 Å². The minimum Gasteiger partial charge on any atom is -0.396 e. The van der Waals surface area contributed by atoms with Crippen LogP contribution >= 0.6 is 0 Å². The van der Waals surface area contributed by atoms with Crippen molar-refractivity contribution in [3.05, 3.63) is 12.7 Å². The number of hydrogen-bond donors (Lipinski definition) is 2. The fourth-order valence-corrected chi connectivity index (χ4v) is 5.36. The summed E-state index contributed by atoms with van der Waals surface area (Å²) in [6.45, 7) is 2.56. The molecule has 3 fully saturated rings. The molecule has 0 spiro atoms. The minimum atomic E-state index is 0.139. The monoisotopic (exact) mass is 373 g/mol. The average Bonchev–Trinajstić information content (AvgIpc) is 3.48. The second kappa shape index (κ2) is 7.00. The molecule has 0 aliphatic carbocycles. The van der Waals surface area contributed by atoms with Gasteiger partial charge < -0.3 is 24.4 Å². The van der Waals surface area contributed by atoms with Crippen molar-refractivity contribution in [2.75, 3.05) is 31.3 Å². The largest absolute Gasteiger partial charge is 0.396 e. The Kier molecular flexibility index (Phi) is 4.49. The molecule has 3 aliphatic rings. The van der Waals surface area contributed by atoms with E-state index in [2.05, 4.69) is 19.9 Å². The van der Waals surface area contributed by atoms with Gasteiger partial charge in [0.1, 0.15) is 6.33 Å². The summed E-state index contributed by atoms with van der Waals surface area (Å²) in [5.41, 5.74) is 1.65. The van der Waals surface area contributed by atoms with E-state index in [-0.39, 0.29) is 19.1 Å². The molecule has 0 radical (unpaired) electrons. The predicted molar refractivity (Wildman–Crippen MR) is 99.3 cm³/mol. The molecule has 0 saturated carbocycles. The third-order valence-electron chi connectivity index (χ3n) is 6.82. The maximum absolute atomic E-state index is 9.86. The number of ether oxygens (including phenoxy) is 1. The molecule has 2 aromatic rings. The molecule has 8 heteroatoms. The summed E-state index contributed by atoms with van der Waals surface area (Å²) in [4.78, 5) is 16.1. The first-order valence-electron chi connectivity index (χ1n) is 10.0. The molecule has 146 valence electrons. The Morgan fingerprint density at radius 1 is 1.19 bits per heavy atom. The number of rotatable bonds is 6. The second-order valence-electron chi connectivity index (χ2n) is 8.22. The maximum Gasteiger partial charge on any atom is 0.165 e. The number of nitrogens with zero attached hydrogens (tertiary/aromatic N) is 5. The summed E-state index contributed by atoms with van der Waals surface area (Å²) < 4.78 is 7.54. The number of aliphatic hydroxyl groups excluding tert-OH is 2. The molecule has 3 saturated heterocycles. The van der Waals surface area contributed by atoms with E-state index in [0.717, 1.165) is 55.9 Å². The molecule has 5 unspecified atom stereocenters. The van der Waals surface area contributed by atoms with E-state index in [4.69, 9.17) is 4.74 Å². The van der Waals surface area contributed by atoms with Crippen LogP contribution in [0.3, 0.4) is 0 Å². The zero-order valence-corrected chi connectivity index (χ0v) is 15.4. The summed E-state index contributed by atoms with van der Waals surface area (Å²) in [6.07, 6.45) is 7.73. The van der Waals surface area contributed by atoms with Crippen molar-refractivity contribution in [2.24, 2.45) is 17.8 Å². The third-order valence-corrected chi connectivity index (χ3v) is 6.82. The molecule has 3 aliphatic heterocycles. The summed E-state index contributed by atoms with van der Waals surface area (Å²) >= 11 is 0. The Morgan fingerprint density at radius 3 is 2.85 bits per heavy atom. The van der Waals surface area contributed by atoms with Gasteiger partial charge >= 0.3 is 0 Å². The fourth-order valence-electron chi connectivity index (χ4n) is 5.36. The third kappa shape index (κ3) is 2.81. The van der Waals surface area contributed by atoms with Gasteiger partial charge in [-0.25, -0.2) is 15.0 Å². The molecule has 5 rings (SSSR count). The van der Waals surface area contributed by atoms with Crippen molar-refractivity contribution in [2.45, 2.75) is 44.3 Å². The quantitative estimate of drug-likeness (QED) is 0.774. The number of aliphatic hydroxyl groups is 2. The van der Waals surface area contributed by atoms with Crippen LogP contribution in [0.1, 0.15) is 25.7 Å². The van der Waals surface area contributed by atoms with Crippen molar-refractivity contribution in [3.63, 3.8) is 0 Å². The van der Waals surface area contributed by atoms with Crippen molar-refractivity contribution >= 4 is 17.0 Å². The number of aromatic nitrogens is 4. The van der Waals surface area contributed by atoms with Gasteiger partial charge in [-0.1, -0.05) is 0 Å². The van der Waals surface area contributed by atoms with Crippen molar-refractivity contribution in [3.8, 4) is 0 Å². The van der Waals surface area contributed by atoms with E-state index in [0.29, 0.717) is 30.5 Å². The highest BCUT2D eigenvalue weighted by atomic mass is 16.5. The van der Waals surface area contributed by atoms with Gasteiger partial charge in [-0.05, 0) is 31.6 Å². The van der Waals surface area contributed by atoms with Crippen LogP contribution in [0.25, 0.3) is 11.2 Å². The molecule has 2 N–H and O–H groups in total. The van der Waals surface area contributed by atoms with E-state index in [1.54, 1.807) is 6.33 Å². The first-order chi connectivity index (χ1) is 13.3. The Balaban J connectivity index is 1.45. The van der Waals surface area contributed by atoms with Crippen molar-refractivity contribution < 1.29 is 14.9 Å². The Hall–Kier alpha value is -1.77. The summed E-state index contributed by atoms with van der Waals surface area (Å²) in [6, 6.07) is 0.792. The van der Waals surface area contributed by atoms with Crippen LogP contribution in [0.15, 0.2) is 12.7 Å². The lowest BCUT2D eigenvalue weighted by Gasteiger charge is -2.25. The van der Waals surface area contributed by atoms with Crippen molar-refractivity contribution in [1.82, 2.24) is 19.5 Å². The van der Waals surface area contributed by atoms with Crippen LogP contribution in [0.4, 0.5) is 5.82 Å². The molecule has 0 amide bonds. The summed E-state index contributed by atoms with van der Waals surface area (Å²) in [5.74, 6) is 1.75. The zero-order valence-electron chi connectivity index (χ0n) is 15.4. The summed E-state index contributed by atoms with van der Waals surface area (Å²) in [7, 11) is 0. The SMILES string of the molecule is OCC(Cn1cnc2c(N3C4CCC3C(CO)C4)ncnc21)C1CCOC1. The Bertz CT molecular complexity index is 806. The Labute approximate surface area is 158 Å². The van der Waals surface area contributed by atoms with Gasteiger partial charge in [-0.15, -0.1) is 0 Å². The van der Waals surface area contributed by atoms with Crippen LogP contribution in [-0.2, 0) is 11.3 Å². The van der Waals surface area contributed by atoms with Crippen LogP contribution in [-0.4, -0.2) is 68.2 Å². The topological polar surface area (TPSA) is 96.5 Å². The second-order valence-corrected chi connectivity index (χ2v) is 8.22. The maximum atomic E-state index is 9.86. The molecule has 8 nitrogen and oxygen atoms in total. The number of fused-ring (bicyclic) bond motifs is 3. The first kappa shape index (κ1) is 17.3. The van der Waals surface area contributed by atoms with Crippen molar-refractivity contribution in [1.29, 1.82) is 0 Å². The van der Waals surface area contributed by atoms with Gasteiger partial charge in [0.05, 0.1) is 6.33 Å². The van der Waals surface area contributed by atoms with Crippen LogP contribution < -0.4 is 4.90 Å². The molecule has 2 aromatic heterocycles. The van der Waals surface area contributed by atoms with Crippen LogP contribution in [0, 0.1) is 17.8 Å². The molecular weight excluding hydrogens is 346 g/mol. The van der Waals surface area contributed by atoms with E-state index in [1.807, 2.05) is 10.9 Å². The fraction of sp³-hybridized carbons (Fsp3) is 0.737. The molecule has 5 atom stereocenters. The lowest BCUT2D eigenvalue weighted by atomic mass is 9.90.